The molecule has 1 aromatic carbocycles. The Labute approximate surface area is 168 Å². The number of halogens is 1. The minimum absolute atomic E-state index is 0.114. The van der Waals surface area contributed by atoms with Crippen molar-refractivity contribution in [3.05, 3.63) is 80.9 Å². The van der Waals surface area contributed by atoms with Gasteiger partial charge in [0.2, 0.25) is 0 Å². The number of allylic oxidation sites excluding steroid dienone is 4. The molecule has 0 saturated carbocycles. The second kappa shape index (κ2) is 7.04. The summed E-state index contributed by atoms with van der Waals surface area (Å²) in [4.78, 5) is 2.17. The highest BCUT2D eigenvalue weighted by Crippen LogP contribution is 2.20. The lowest BCUT2D eigenvalue weighted by Gasteiger charge is -2.18. The van der Waals surface area contributed by atoms with Crippen LogP contribution >= 0.6 is 11.6 Å². The first-order chi connectivity index (χ1) is 13.3. The minimum atomic E-state index is -3.76. The van der Waals surface area contributed by atoms with Crippen molar-refractivity contribution in [2.45, 2.75) is 11.3 Å². The van der Waals surface area contributed by atoms with Gasteiger partial charge in [-0.3, -0.25) is 4.72 Å². The van der Waals surface area contributed by atoms with Crippen LogP contribution in [0.5, 0.6) is 0 Å². The Balaban J connectivity index is 1.72. The Hall–Kier alpha value is -2.70. The van der Waals surface area contributed by atoms with Crippen molar-refractivity contribution in [2.75, 3.05) is 14.1 Å². The van der Waals surface area contributed by atoms with Crippen LogP contribution in [-0.4, -0.2) is 27.4 Å². The summed E-state index contributed by atoms with van der Waals surface area (Å²) in [5.74, 6) is 0. The Bertz CT molecular complexity index is 1270. The van der Waals surface area contributed by atoms with Gasteiger partial charge >= 0.3 is 0 Å². The van der Waals surface area contributed by atoms with Crippen LogP contribution in [0.4, 0.5) is 0 Å². The molecule has 0 spiro atoms. The molecule has 0 aliphatic heterocycles. The molecule has 1 N–H and O–H groups in total. The predicted molar refractivity (Wildman–Crippen MR) is 111 cm³/mol. The number of sulfonamides is 1. The van der Waals surface area contributed by atoms with Gasteiger partial charge in [0.05, 0.1) is 4.90 Å². The summed E-state index contributed by atoms with van der Waals surface area (Å²) < 4.78 is 34.1. The predicted octanol–water partition coefficient (Wildman–Crippen LogP) is 2.38. The lowest BCUT2D eigenvalue weighted by atomic mass is 10.0. The highest BCUT2D eigenvalue weighted by atomic mass is 35.5. The molecule has 2 aliphatic rings. The van der Waals surface area contributed by atoms with Crippen LogP contribution in [0.2, 0.25) is 5.02 Å². The smallest absolute Gasteiger partial charge is 0.261 e. The highest BCUT2D eigenvalue weighted by molar-refractivity contribution is 7.89. The van der Waals surface area contributed by atoms with E-state index in [-0.39, 0.29) is 4.90 Å². The van der Waals surface area contributed by atoms with E-state index in [1.165, 1.54) is 12.1 Å². The van der Waals surface area contributed by atoms with E-state index in [2.05, 4.69) is 9.62 Å². The highest BCUT2D eigenvalue weighted by Gasteiger charge is 2.19. The normalized spacial score (nSPS) is 15.2. The van der Waals surface area contributed by atoms with E-state index in [9.17, 15) is 8.42 Å². The maximum atomic E-state index is 12.7. The summed E-state index contributed by atoms with van der Waals surface area (Å²) in [5, 5.41) is 0.367. The van der Waals surface area contributed by atoms with Gasteiger partial charge in [-0.1, -0.05) is 23.7 Å². The zero-order valence-corrected chi connectivity index (χ0v) is 17.0. The lowest BCUT2D eigenvalue weighted by Crippen LogP contribution is -2.22. The van der Waals surface area contributed by atoms with Gasteiger partial charge in [-0.25, -0.2) is 8.42 Å². The van der Waals surface area contributed by atoms with Crippen molar-refractivity contribution in [1.29, 1.82) is 0 Å². The Morgan fingerprint density at radius 2 is 1.96 bits per heavy atom. The molecule has 7 heteroatoms. The number of nitrogens with one attached hydrogen (secondary N) is 1. The Morgan fingerprint density at radius 3 is 2.71 bits per heavy atom. The molecular formula is C21H19ClN2O3S. The maximum Gasteiger partial charge on any atom is 0.261 e. The summed E-state index contributed by atoms with van der Waals surface area (Å²) in [7, 11) is 0.239. The Morgan fingerprint density at radius 1 is 1.14 bits per heavy atom. The van der Waals surface area contributed by atoms with Crippen LogP contribution in [0.15, 0.2) is 63.2 Å². The zero-order chi connectivity index (χ0) is 19.9. The van der Waals surface area contributed by atoms with Gasteiger partial charge in [0.25, 0.3) is 10.0 Å². The fourth-order valence-electron chi connectivity index (χ4n) is 3.19. The first kappa shape index (κ1) is 18.7. The lowest BCUT2D eigenvalue weighted by molar-refractivity contribution is 0.480. The number of hydrogen-bond donors (Lipinski definition) is 1. The van der Waals surface area contributed by atoms with E-state index in [0.717, 1.165) is 28.7 Å². The molecule has 4 rings (SSSR count). The summed E-state index contributed by atoms with van der Waals surface area (Å²) in [6.45, 7) is 0. The van der Waals surface area contributed by atoms with Crippen molar-refractivity contribution >= 4 is 39.9 Å². The monoisotopic (exact) mass is 414 g/mol. The van der Waals surface area contributed by atoms with Gasteiger partial charge < -0.3 is 9.32 Å². The number of likely N-dealkylation sites (N-methyl/N-ethyl adjacent to an activating group) is 1. The number of fused-ring (bicyclic) bond motifs is 3. The van der Waals surface area contributed by atoms with Gasteiger partial charge in [-0.2, -0.15) is 0 Å². The van der Waals surface area contributed by atoms with E-state index in [1.807, 2.05) is 38.4 Å². The molecule has 0 radical (unpaired) electrons. The van der Waals surface area contributed by atoms with E-state index in [1.54, 1.807) is 24.3 Å². The standard InChI is InChI=1S/C21H19ClN2O3S/c1-24(2)16-9-10-21-19(13-16)18-12-15(6-4-8-20(18)27-21)23-28(25,26)17-7-3-5-14(22)11-17/h3-12,23H,13H2,1-2H3. The topological polar surface area (TPSA) is 62.6 Å². The second-order valence-corrected chi connectivity index (χ2v) is 8.93. The number of hydrogen-bond acceptors (Lipinski definition) is 4. The summed E-state index contributed by atoms with van der Waals surface area (Å²) in [6, 6.07) is 6.18. The van der Waals surface area contributed by atoms with Gasteiger partial charge in [0.15, 0.2) is 0 Å². The molecular weight excluding hydrogens is 396 g/mol. The third-order valence-corrected chi connectivity index (χ3v) is 6.26. The van der Waals surface area contributed by atoms with Crippen molar-refractivity contribution in [2.24, 2.45) is 0 Å². The van der Waals surface area contributed by atoms with Crippen LogP contribution in [-0.2, 0) is 16.4 Å². The molecule has 0 unspecified atom stereocenters. The summed E-state index contributed by atoms with van der Waals surface area (Å²) in [5.41, 5.74) is 5.05. The molecule has 0 saturated heterocycles. The number of benzene rings is 1. The molecule has 5 nitrogen and oxygen atoms in total. The molecule has 0 fully saturated rings. The van der Waals surface area contributed by atoms with E-state index in [0.29, 0.717) is 16.1 Å². The van der Waals surface area contributed by atoms with E-state index >= 15 is 0 Å². The molecule has 0 amide bonds. The third kappa shape index (κ3) is 3.53. The van der Waals surface area contributed by atoms with Crippen molar-refractivity contribution < 1.29 is 12.8 Å². The van der Waals surface area contributed by atoms with Crippen LogP contribution in [0.1, 0.15) is 11.1 Å². The molecule has 28 heavy (non-hydrogen) atoms. The van der Waals surface area contributed by atoms with Gasteiger partial charge in [-0.15, -0.1) is 0 Å². The Kier molecular flexibility index (Phi) is 4.69. The number of furan rings is 1. The van der Waals surface area contributed by atoms with Crippen LogP contribution in [0, 0.1) is 0 Å². The fourth-order valence-corrected chi connectivity index (χ4v) is 4.54. The quantitative estimate of drug-likeness (QED) is 0.834. The van der Waals surface area contributed by atoms with Gasteiger partial charge in [0.1, 0.15) is 10.8 Å². The largest absolute Gasteiger partial charge is 0.456 e. The zero-order valence-electron chi connectivity index (χ0n) is 15.4. The minimum Gasteiger partial charge on any atom is -0.456 e. The maximum absolute atomic E-state index is 12.7. The van der Waals surface area contributed by atoms with Gasteiger partial charge in [-0.05, 0) is 48.6 Å². The fraction of sp³-hybridized carbons (Fsp3) is 0.143. The molecule has 1 heterocycles. The van der Waals surface area contributed by atoms with Crippen molar-refractivity contribution in [3.8, 4) is 0 Å². The van der Waals surface area contributed by atoms with Gasteiger partial charge in [0, 0.05) is 48.1 Å². The van der Waals surface area contributed by atoms with E-state index < -0.39 is 10.0 Å². The molecule has 2 aliphatic carbocycles. The first-order valence-corrected chi connectivity index (χ1v) is 10.6. The molecule has 2 aromatic rings. The molecule has 0 bridgehead atoms. The second-order valence-electron chi connectivity index (χ2n) is 6.81. The third-order valence-electron chi connectivity index (χ3n) is 4.65. The van der Waals surface area contributed by atoms with E-state index in [4.69, 9.17) is 16.0 Å². The van der Waals surface area contributed by atoms with Crippen LogP contribution < -0.4 is 15.6 Å². The van der Waals surface area contributed by atoms with Crippen LogP contribution in [0.3, 0.4) is 0 Å². The molecule has 1 aromatic heterocycles. The average molecular weight is 415 g/mol. The number of nitrogens with zero attached hydrogens (tertiary/aromatic N) is 1. The molecule has 0 atom stereocenters. The number of rotatable bonds is 4. The first-order valence-electron chi connectivity index (χ1n) is 8.72. The molecule has 144 valence electrons. The van der Waals surface area contributed by atoms with Crippen molar-refractivity contribution in [3.63, 3.8) is 0 Å². The van der Waals surface area contributed by atoms with Crippen LogP contribution in [0.25, 0.3) is 18.2 Å². The average Bonchev–Trinajstić information content (AvgIpc) is 2.86. The van der Waals surface area contributed by atoms with Crippen molar-refractivity contribution in [1.82, 2.24) is 9.62 Å². The SMILES string of the molecule is CN(C)C1=CC=c2oc3c(c2C1)C=C(NS(=O)(=O)c1cccc(Cl)c1)C=CC=3. The summed E-state index contributed by atoms with van der Waals surface area (Å²) >= 11 is 5.94. The summed E-state index contributed by atoms with van der Waals surface area (Å²) in [6.07, 6.45) is 11.8.